The fourth-order valence-corrected chi connectivity index (χ4v) is 1.65. The molecule has 0 unspecified atom stereocenters. The number of nitrogens with two attached hydrogens (primary N) is 1. The van der Waals surface area contributed by atoms with Crippen molar-refractivity contribution in [2.24, 2.45) is 5.41 Å². The van der Waals surface area contributed by atoms with Crippen LogP contribution in [-0.2, 0) is 11.3 Å². The Bertz CT molecular complexity index is 402. The largest absolute Gasteiger partial charge is 0.461 e. The summed E-state index contributed by atoms with van der Waals surface area (Å²) in [5.41, 5.74) is 7.04. The number of ether oxygens (including phenoxy) is 1. The molecule has 1 aromatic heterocycles. The maximum absolute atomic E-state index is 11.9. The smallest absolute Gasteiger partial charge is 0.355 e. The number of carbonyl (C=O) groups excluding carboxylic acids is 1. The van der Waals surface area contributed by atoms with Crippen molar-refractivity contribution in [1.82, 2.24) is 4.57 Å². The van der Waals surface area contributed by atoms with Gasteiger partial charge in [0.15, 0.2) is 0 Å². The van der Waals surface area contributed by atoms with Gasteiger partial charge in [-0.3, -0.25) is 0 Å². The average Bonchev–Trinajstić information content (AvgIpc) is 2.58. The van der Waals surface area contributed by atoms with Gasteiger partial charge in [-0.15, -0.1) is 0 Å². The lowest BCUT2D eigenvalue weighted by Gasteiger charge is -2.17. The highest BCUT2D eigenvalue weighted by molar-refractivity contribution is 5.89. The molecule has 0 saturated carbocycles. The van der Waals surface area contributed by atoms with E-state index in [9.17, 15) is 4.79 Å². The Balaban J connectivity index is 2.61. The zero-order valence-electron chi connectivity index (χ0n) is 11.8. The summed E-state index contributed by atoms with van der Waals surface area (Å²) in [6.07, 6.45) is 3.59. The summed E-state index contributed by atoms with van der Waals surface area (Å²) < 4.78 is 7.15. The molecule has 1 aromatic rings. The molecule has 0 aliphatic carbocycles. The number of hydrogen-bond donors (Lipinski definition) is 1. The monoisotopic (exact) mass is 252 g/mol. The molecule has 1 rings (SSSR count). The standard InChI is InChI=1S/C14H24N2O2/c1-5-7-16-10-11(15)9-12(16)13(17)18-8-6-14(2,3)4/h9-10H,5-8,15H2,1-4H3. The molecule has 0 aliphatic heterocycles. The van der Waals surface area contributed by atoms with Gasteiger partial charge in [-0.25, -0.2) is 4.79 Å². The molecule has 0 aromatic carbocycles. The number of aryl methyl sites for hydroxylation is 1. The zero-order chi connectivity index (χ0) is 13.8. The normalized spacial score (nSPS) is 11.6. The van der Waals surface area contributed by atoms with E-state index in [1.807, 2.05) is 4.57 Å². The Morgan fingerprint density at radius 2 is 2.11 bits per heavy atom. The van der Waals surface area contributed by atoms with E-state index in [1.165, 1.54) is 0 Å². The summed E-state index contributed by atoms with van der Waals surface area (Å²) in [6.45, 7) is 9.65. The van der Waals surface area contributed by atoms with Crippen LogP contribution >= 0.6 is 0 Å². The summed E-state index contributed by atoms with van der Waals surface area (Å²) >= 11 is 0. The van der Waals surface area contributed by atoms with Gasteiger partial charge in [0.05, 0.1) is 12.3 Å². The second-order valence-corrected chi connectivity index (χ2v) is 5.80. The summed E-state index contributed by atoms with van der Waals surface area (Å²) in [5.74, 6) is -0.288. The third kappa shape index (κ3) is 4.43. The first kappa shape index (κ1) is 14.6. The molecular weight excluding hydrogens is 228 g/mol. The predicted molar refractivity (Wildman–Crippen MR) is 73.5 cm³/mol. The van der Waals surface area contributed by atoms with Gasteiger partial charge in [0.1, 0.15) is 5.69 Å². The van der Waals surface area contributed by atoms with Crippen LogP contribution in [-0.4, -0.2) is 17.1 Å². The summed E-state index contributed by atoms with van der Waals surface area (Å²) in [4.78, 5) is 11.9. The Morgan fingerprint density at radius 1 is 1.44 bits per heavy atom. The highest BCUT2D eigenvalue weighted by atomic mass is 16.5. The molecule has 4 nitrogen and oxygen atoms in total. The minimum absolute atomic E-state index is 0.171. The van der Waals surface area contributed by atoms with Crippen LogP contribution in [0.2, 0.25) is 0 Å². The number of nitrogen functional groups attached to an aromatic ring is 1. The van der Waals surface area contributed by atoms with E-state index in [1.54, 1.807) is 12.3 Å². The fraction of sp³-hybridized carbons (Fsp3) is 0.643. The molecule has 0 radical (unpaired) electrons. The number of hydrogen-bond acceptors (Lipinski definition) is 3. The number of nitrogens with zero attached hydrogens (tertiary/aromatic N) is 1. The number of carbonyl (C=O) groups is 1. The van der Waals surface area contributed by atoms with Crippen LogP contribution in [0.25, 0.3) is 0 Å². The first-order chi connectivity index (χ1) is 8.33. The van der Waals surface area contributed by atoms with E-state index in [0.717, 1.165) is 19.4 Å². The number of esters is 1. The van der Waals surface area contributed by atoms with Gasteiger partial charge in [-0.05, 0) is 24.3 Å². The summed E-state index contributed by atoms with van der Waals surface area (Å²) in [6, 6.07) is 1.68. The van der Waals surface area contributed by atoms with Crippen molar-refractivity contribution in [3.63, 3.8) is 0 Å². The Hall–Kier alpha value is -1.45. The zero-order valence-corrected chi connectivity index (χ0v) is 11.8. The van der Waals surface area contributed by atoms with Crippen molar-refractivity contribution in [1.29, 1.82) is 0 Å². The van der Waals surface area contributed by atoms with Gasteiger partial charge >= 0.3 is 5.97 Å². The van der Waals surface area contributed by atoms with Crippen molar-refractivity contribution < 1.29 is 9.53 Å². The third-order valence-corrected chi connectivity index (χ3v) is 2.68. The lowest BCUT2D eigenvalue weighted by atomic mass is 9.93. The summed E-state index contributed by atoms with van der Waals surface area (Å²) in [7, 11) is 0. The molecule has 18 heavy (non-hydrogen) atoms. The van der Waals surface area contributed by atoms with E-state index >= 15 is 0 Å². The van der Waals surface area contributed by atoms with Crippen LogP contribution < -0.4 is 5.73 Å². The molecule has 102 valence electrons. The minimum Gasteiger partial charge on any atom is -0.461 e. The molecule has 0 fully saturated rings. The molecular formula is C14H24N2O2. The first-order valence-electron chi connectivity index (χ1n) is 6.46. The van der Waals surface area contributed by atoms with Gasteiger partial charge in [0, 0.05) is 12.7 Å². The average molecular weight is 252 g/mol. The van der Waals surface area contributed by atoms with Gasteiger partial charge in [-0.1, -0.05) is 27.7 Å². The van der Waals surface area contributed by atoms with Crippen LogP contribution in [0.15, 0.2) is 12.3 Å². The van der Waals surface area contributed by atoms with E-state index in [2.05, 4.69) is 27.7 Å². The van der Waals surface area contributed by atoms with Crippen LogP contribution in [0.5, 0.6) is 0 Å². The van der Waals surface area contributed by atoms with Crippen molar-refractivity contribution in [2.75, 3.05) is 12.3 Å². The molecule has 0 aliphatic rings. The number of rotatable bonds is 5. The Labute approximate surface area is 109 Å². The van der Waals surface area contributed by atoms with Gasteiger partial charge in [0.2, 0.25) is 0 Å². The van der Waals surface area contributed by atoms with Gasteiger partial charge in [-0.2, -0.15) is 0 Å². The maximum atomic E-state index is 11.9. The van der Waals surface area contributed by atoms with Crippen molar-refractivity contribution in [3.05, 3.63) is 18.0 Å². The molecule has 0 amide bonds. The van der Waals surface area contributed by atoms with Crippen molar-refractivity contribution in [2.45, 2.75) is 47.1 Å². The molecule has 0 spiro atoms. The number of anilines is 1. The van der Waals surface area contributed by atoms with Crippen LogP contribution in [0.3, 0.4) is 0 Å². The molecule has 0 saturated heterocycles. The third-order valence-electron chi connectivity index (χ3n) is 2.68. The fourth-order valence-electron chi connectivity index (χ4n) is 1.65. The number of aromatic nitrogens is 1. The van der Waals surface area contributed by atoms with Crippen molar-refractivity contribution in [3.8, 4) is 0 Å². The van der Waals surface area contributed by atoms with Crippen LogP contribution in [0, 0.1) is 5.41 Å². The van der Waals surface area contributed by atoms with E-state index in [0.29, 0.717) is 18.0 Å². The maximum Gasteiger partial charge on any atom is 0.355 e. The minimum atomic E-state index is -0.288. The van der Waals surface area contributed by atoms with E-state index < -0.39 is 0 Å². The Kier molecular flexibility index (Phi) is 4.82. The quantitative estimate of drug-likeness (QED) is 0.819. The van der Waals surface area contributed by atoms with Crippen molar-refractivity contribution >= 4 is 11.7 Å². The van der Waals surface area contributed by atoms with Crippen LogP contribution in [0.4, 0.5) is 5.69 Å². The second kappa shape index (κ2) is 5.94. The predicted octanol–water partition coefficient (Wildman–Crippen LogP) is 3.07. The first-order valence-corrected chi connectivity index (χ1v) is 6.46. The lowest BCUT2D eigenvalue weighted by molar-refractivity contribution is 0.0452. The SMILES string of the molecule is CCCn1cc(N)cc1C(=O)OCCC(C)(C)C. The van der Waals surface area contributed by atoms with E-state index in [4.69, 9.17) is 10.5 Å². The van der Waals surface area contributed by atoms with E-state index in [-0.39, 0.29) is 11.4 Å². The molecule has 0 atom stereocenters. The Morgan fingerprint density at radius 3 is 2.67 bits per heavy atom. The highest BCUT2D eigenvalue weighted by Crippen LogP contribution is 2.19. The van der Waals surface area contributed by atoms with Gasteiger partial charge in [0.25, 0.3) is 0 Å². The second-order valence-electron chi connectivity index (χ2n) is 5.80. The molecule has 4 heteroatoms. The highest BCUT2D eigenvalue weighted by Gasteiger charge is 2.16. The summed E-state index contributed by atoms with van der Waals surface area (Å²) in [5, 5.41) is 0. The molecule has 1 heterocycles. The topological polar surface area (TPSA) is 57.2 Å². The molecule has 0 bridgehead atoms. The molecule has 2 N–H and O–H groups in total. The lowest BCUT2D eigenvalue weighted by Crippen LogP contribution is -2.16. The van der Waals surface area contributed by atoms with Crippen LogP contribution in [0.1, 0.15) is 51.0 Å². The van der Waals surface area contributed by atoms with Gasteiger partial charge < -0.3 is 15.0 Å².